The van der Waals surface area contributed by atoms with Gasteiger partial charge in [0.05, 0.1) is 22.4 Å². The summed E-state index contributed by atoms with van der Waals surface area (Å²) in [5.41, 5.74) is 6.83. The van der Waals surface area contributed by atoms with Crippen molar-refractivity contribution in [3.8, 4) is 0 Å². The summed E-state index contributed by atoms with van der Waals surface area (Å²) < 4.78 is 25.3. The first kappa shape index (κ1) is 15.1. The molecule has 1 saturated carbocycles. The fourth-order valence-electron chi connectivity index (χ4n) is 1.92. The Labute approximate surface area is 119 Å². The van der Waals surface area contributed by atoms with Gasteiger partial charge in [0.1, 0.15) is 0 Å². The van der Waals surface area contributed by atoms with Gasteiger partial charge >= 0.3 is 0 Å². The number of nitrogen functional groups attached to an aromatic ring is 1. The molecule has 0 amide bonds. The number of hydrogen-bond acceptors (Lipinski definition) is 5. The van der Waals surface area contributed by atoms with Gasteiger partial charge < -0.3 is 16.2 Å². The first-order chi connectivity index (χ1) is 9.32. The van der Waals surface area contributed by atoms with Crippen LogP contribution < -0.4 is 11.1 Å². The number of sulfonamides is 1. The lowest BCUT2D eigenvalue weighted by atomic mass is 10.2. The SMILES string of the molecule is CN(C)S(=O)(=O)c1ccc(N)c(NCC(O)C2CC2)c1. The molecule has 1 aliphatic carbocycles. The quantitative estimate of drug-likeness (QED) is 0.672. The number of hydrogen-bond donors (Lipinski definition) is 3. The van der Waals surface area contributed by atoms with Crippen LogP contribution in [0.4, 0.5) is 11.4 Å². The molecular formula is C13H21N3O3S. The third kappa shape index (κ3) is 3.23. The van der Waals surface area contributed by atoms with E-state index in [1.165, 1.54) is 26.2 Å². The molecule has 1 aromatic rings. The minimum Gasteiger partial charge on any atom is -0.397 e. The van der Waals surface area contributed by atoms with Crippen LogP contribution in [0.25, 0.3) is 0 Å². The Morgan fingerprint density at radius 3 is 2.65 bits per heavy atom. The van der Waals surface area contributed by atoms with Crippen molar-refractivity contribution in [1.82, 2.24) is 4.31 Å². The number of nitrogens with two attached hydrogens (primary N) is 1. The second-order valence-electron chi connectivity index (χ2n) is 5.32. The highest BCUT2D eigenvalue weighted by Gasteiger charge is 2.29. The Kier molecular flexibility index (Phi) is 4.22. The number of nitrogens with one attached hydrogen (secondary N) is 1. The van der Waals surface area contributed by atoms with Gasteiger partial charge in [-0.3, -0.25) is 0 Å². The van der Waals surface area contributed by atoms with Gasteiger partial charge in [-0.05, 0) is 37.0 Å². The van der Waals surface area contributed by atoms with Crippen LogP contribution in [0.3, 0.4) is 0 Å². The zero-order valence-electron chi connectivity index (χ0n) is 11.7. The molecule has 6 nitrogen and oxygen atoms in total. The molecule has 7 heteroatoms. The van der Waals surface area contributed by atoms with E-state index < -0.39 is 16.1 Å². The van der Waals surface area contributed by atoms with Crippen molar-refractivity contribution in [2.45, 2.75) is 23.8 Å². The first-order valence-electron chi connectivity index (χ1n) is 6.56. The molecule has 0 bridgehead atoms. The zero-order valence-corrected chi connectivity index (χ0v) is 12.5. The molecule has 0 radical (unpaired) electrons. The Hall–Kier alpha value is -1.31. The molecule has 4 N–H and O–H groups in total. The maximum atomic E-state index is 12.1. The van der Waals surface area contributed by atoms with Gasteiger partial charge in [0, 0.05) is 20.6 Å². The van der Waals surface area contributed by atoms with Gasteiger partial charge in [-0.2, -0.15) is 0 Å². The molecule has 1 unspecified atom stereocenters. The van der Waals surface area contributed by atoms with Crippen molar-refractivity contribution >= 4 is 21.4 Å². The van der Waals surface area contributed by atoms with Crippen LogP contribution in [-0.2, 0) is 10.0 Å². The highest BCUT2D eigenvalue weighted by molar-refractivity contribution is 7.89. The molecule has 1 aliphatic rings. The average Bonchev–Trinajstić information content (AvgIpc) is 3.21. The van der Waals surface area contributed by atoms with Crippen LogP contribution in [0.15, 0.2) is 23.1 Å². The highest BCUT2D eigenvalue weighted by atomic mass is 32.2. The van der Waals surface area contributed by atoms with Crippen molar-refractivity contribution < 1.29 is 13.5 Å². The normalized spacial score (nSPS) is 17.2. The summed E-state index contributed by atoms with van der Waals surface area (Å²) in [5, 5.41) is 12.9. The van der Waals surface area contributed by atoms with Gasteiger partial charge in [0.25, 0.3) is 0 Å². The summed E-state index contributed by atoms with van der Waals surface area (Å²) in [4.78, 5) is 0.181. The molecule has 0 aromatic heterocycles. The summed E-state index contributed by atoms with van der Waals surface area (Å²) in [6.07, 6.45) is 1.68. The van der Waals surface area contributed by atoms with Crippen LogP contribution in [-0.4, -0.2) is 44.6 Å². The van der Waals surface area contributed by atoms with E-state index in [0.29, 0.717) is 23.8 Å². The molecule has 0 saturated heterocycles. The van der Waals surface area contributed by atoms with Crippen molar-refractivity contribution in [2.75, 3.05) is 31.7 Å². The third-order valence-electron chi connectivity index (χ3n) is 3.47. The Morgan fingerprint density at radius 1 is 1.45 bits per heavy atom. The standard InChI is InChI=1S/C13H21N3O3S/c1-16(2)20(18,19)10-5-6-11(14)12(7-10)15-8-13(17)9-3-4-9/h5-7,9,13,15,17H,3-4,8,14H2,1-2H3. The highest BCUT2D eigenvalue weighted by Crippen LogP contribution is 2.33. The number of nitrogens with zero attached hydrogens (tertiary/aromatic N) is 1. The van der Waals surface area contributed by atoms with E-state index in [2.05, 4.69) is 5.32 Å². The summed E-state index contributed by atoms with van der Waals surface area (Å²) in [6.45, 7) is 0.375. The van der Waals surface area contributed by atoms with Crippen molar-refractivity contribution in [3.63, 3.8) is 0 Å². The molecule has 1 atom stereocenters. The zero-order chi connectivity index (χ0) is 14.9. The van der Waals surface area contributed by atoms with Gasteiger partial charge in [-0.15, -0.1) is 0 Å². The Bertz CT molecular complexity index is 583. The minimum absolute atomic E-state index is 0.181. The molecule has 1 fully saturated rings. The Morgan fingerprint density at radius 2 is 2.10 bits per heavy atom. The molecule has 20 heavy (non-hydrogen) atoms. The van der Waals surface area contributed by atoms with Crippen molar-refractivity contribution in [2.24, 2.45) is 5.92 Å². The predicted octanol–water partition coefficient (Wildman–Crippen LogP) is 0.702. The van der Waals surface area contributed by atoms with E-state index in [1.807, 2.05) is 0 Å². The second kappa shape index (κ2) is 5.59. The maximum absolute atomic E-state index is 12.1. The van der Waals surface area contributed by atoms with E-state index >= 15 is 0 Å². The summed E-state index contributed by atoms with van der Waals surface area (Å²) >= 11 is 0. The van der Waals surface area contributed by atoms with E-state index in [9.17, 15) is 13.5 Å². The fourth-order valence-corrected chi connectivity index (χ4v) is 2.85. The number of aliphatic hydroxyl groups excluding tert-OH is 1. The first-order valence-corrected chi connectivity index (χ1v) is 8.00. The third-order valence-corrected chi connectivity index (χ3v) is 5.28. The number of benzene rings is 1. The molecule has 0 heterocycles. The summed E-state index contributed by atoms with van der Waals surface area (Å²) in [5.74, 6) is 0.359. The maximum Gasteiger partial charge on any atom is 0.242 e. The van der Waals surface area contributed by atoms with Gasteiger partial charge in [-0.25, -0.2) is 12.7 Å². The van der Waals surface area contributed by atoms with Gasteiger partial charge in [-0.1, -0.05) is 0 Å². The van der Waals surface area contributed by atoms with Crippen LogP contribution in [0.5, 0.6) is 0 Å². The van der Waals surface area contributed by atoms with E-state index in [1.54, 1.807) is 6.07 Å². The van der Waals surface area contributed by atoms with E-state index in [4.69, 9.17) is 5.73 Å². The lowest BCUT2D eigenvalue weighted by Gasteiger charge is -2.16. The van der Waals surface area contributed by atoms with Crippen molar-refractivity contribution in [1.29, 1.82) is 0 Å². The topological polar surface area (TPSA) is 95.7 Å². The monoisotopic (exact) mass is 299 g/mol. The van der Waals surface area contributed by atoms with Gasteiger partial charge in [0.2, 0.25) is 10.0 Å². The fraction of sp³-hybridized carbons (Fsp3) is 0.538. The number of rotatable bonds is 6. The lowest BCUT2D eigenvalue weighted by molar-refractivity contribution is 0.164. The number of anilines is 2. The molecule has 112 valence electrons. The Balaban J connectivity index is 2.16. The number of aliphatic hydroxyl groups is 1. The molecular weight excluding hydrogens is 278 g/mol. The van der Waals surface area contributed by atoms with E-state index in [0.717, 1.165) is 17.1 Å². The van der Waals surface area contributed by atoms with Crippen LogP contribution in [0.2, 0.25) is 0 Å². The summed E-state index contributed by atoms with van der Waals surface area (Å²) in [7, 11) is -0.520. The van der Waals surface area contributed by atoms with Crippen molar-refractivity contribution in [3.05, 3.63) is 18.2 Å². The average molecular weight is 299 g/mol. The smallest absolute Gasteiger partial charge is 0.242 e. The molecule has 0 spiro atoms. The molecule has 0 aliphatic heterocycles. The van der Waals surface area contributed by atoms with Crippen LogP contribution >= 0.6 is 0 Å². The van der Waals surface area contributed by atoms with E-state index in [-0.39, 0.29) is 4.90 Å². The van der Waals surface area contributed by atoms with Crippen LogP contribution in [0.1, 0.15) is 12.8 Å². The van der Waals surface area contributed by atoms with Crippen LogP contribution in [0, 0.1) is 5.92 Å². The predicted molar refractivity (Wildman–Crippen MR) is 78.9 cm³/mol. The van der Waals surface area contributed by atoms with Gasteiger partial charge in [0.15, 0.2) is 0 Å². The minimum atomic E-state index is -3.48. The second-order valence-corrected chi connectivity index (χ2v) is 7.47. The largest absolute Gasteiger partial charge is 0.397 e. The molecule has 1 aromatic carbocycles. The lowest BCUT2D eigenvalue weighted by Crippen LogP contribution is -2.23. The molecule has 2 rings (SSSR count). The summed E-state index contributed by atoms with van der Waals surface area (Å²) in [6, 6.07) is 4.54.